The van der Waals surface area contributed by atoms with E-state index in [1.54, 1.807) is 0 Å². The monoisotopic (exact) mass is 944 g/mol. The first-order valence-electron chi connectivity index (χ1n) is 27.1. The van der Waals surface area contributed by atoms with Crippen LogP contribution in [0.2, 0.25) is 0 Å². The second-order valence-corrected chi connectivity index (χ2v) is 24.7. The number of hydrogen-bond acceptors (Lipinski definition) is 1. The maximum atomic E-state index is 2.65. The molecule has 9 aromatic carbocycles. The Morgan fingerprint density at radius 3 is 1.56 bits per heavy atom. The summed E-state index contributed by atoms with van der Waals surface area (Å²) in [5.41, 5.74) is 30.4. The summed E-state index contributed by atoms with van der Waals surface area (Å²) < 4.78 is 0. The molecule has 5 aliphatic rings. The molecule has 5 aliphatic carbocycles. The fraction of sp³-hybridized carbons (Fsp3) is 0.250. The zero-order valence-electron chi connectivity index (χ0n) is 43.9. The van der Waals surface area contributed by atoms with Crippen molar-refractivity contribution in [3.8, 4) is 55.6 Å². The molecule has 73 heavy (non-hydrogen) atoms. The number of hydrogen-bond donors (Lipinski definition) is 0. The Bertz CT molecular complexity index is 3720. The Labute approximate surface area is 433 Å². The van der Waals surface area contributed by atoms with Crippen molar-refractivity contribution in [1.82, 2.24) is 0 Å². The average Bonchev–Trinajstić information content (AvgIpc) is 4.04. The zero-order chi connectivity index (χ0) is 49.8. The molecule has 0 heterocycles. The predicted octanol–water partition coefficient (Wildman–Crippen LogP) is 19.3. The van der Waals surface area contributed by atoms with E-state index in [0.29, 0.717) is 0 Å². The molecular formula is C72H65N. The fourth-order valence-electron chi connectivity index (χ4n) is 14.9. The Morgan fingerprint density at radius 1 is 0.370 bits per heavy atom. The molecule has 0 bridgehead atoms. The molecule has 14 rings (SSSR count). The van der Waals surface area contributed by atoms with Crippen LogP contribution in [0.25, 0.3) is 55.6 Å². The Balaban J connectivity index is 1.05. The Morgan fingerprint density at radius 2 is 0.877 bits per heavy atom. The van der Waals surface area contributed by atoms with Gasteiger partial charge in [0.25, 0.3) is 0 Å². The van der Waals surface area contributed by atoms with E-state index in [-0.39, 0.29) is 21.7 Å². The molecule has 0 radical (unpaired) electrons. The second-order valence-electron chi connectivity index (χ2n) is 24.7. The lowest BCUT2D eigenvalue weighted by Crippen LogP contribution is -2.28. The van der Waals surface area contributed by atoms with E-state index in [1.807, 2.05) is 0 Å². The minimum atomic E-state index is -0.514. The molecule has 1 fully saturated rings. The van der Waals surface area contributed by atoms with E-state index in [9.17, 15) is 0 Å². The Hall–Kier alpha value is -7.22. The summed E-state index contributed by atoms with van der Waals surface area (Å²) in [6.45, 7) is 19.0. The highest BCUT2D eigenvalue weighted by molar-refractivity contribution is 6.02. The van der Waals surface area contributed by atoms with Crippen molar-refractivity contribution in [1.29, 1.82) is 0 Å². The summed E-state index contributed by atoms with van der Waals surface area (Å²) in [6.07, 6.45) is 6.20. The van der Waals surface area contributed by atoms with Crippen molar-refractivity contribution >= 4 is 17.1 Å². The maximum Gasteiger partial charge on any atom is 0.0726 e. The van der Waals surface area contributed by atoms with Gasteiger partial charge in [-0.25, -0.2) is 0 Å². The van der Waals surface area contributed by atoms with Crippen molar-refractivity contribution in [3.05, 3.63) is 244 Å². The smallest absolute Gasteiger partial charge is 0.0726 e. The van der Waals surface area contributed by atoms with Crippen molar-refractivity contribution < 1.29 is 0 Å². The second kappa shape index (κ2) is 15.4. The highest BCUT2D eigenvalue weighted by atomic mass is 15.1. The lowest BCUT2D eigenvalue weighted by Gasteiger charge is -2.37. The van der Waals surface area contributed by atoms with Crippen LogP contribution in [0.15, 0.2) is 188 Å². The van der Waals surface area contributed by atoms with Crippen LogP contribution in [0.1, 0.15) is 143 Å². The fourth-order valence-corrected chi connectivity index (χ4v) is 14.9. The number of nitrogens with zero attached hydrogens (tertiary/aromatic N) is 1. The lowest BCUT2D eigenvalue weighted by molar-refractivity contribution is 0.353. The van der Waals surface area contributed by atoms with Gasteiger partial charge in [-0.15, -0.1) is 0 Å². The summed E-state index contributed by atoms with van der Waals surface area (Å²) >= 11 is 0. The third-order valence-corrected chi connectivity index (χ3v) is 18.4. The minimum Gasteiger partial charge on any atom is -0.310 e. The standard InChI is InChI=1S/C72H65N/c1-68(2,3)46-33-36-54-55-37-34-47(69(4,5)6)43-64(55)72(63(54)42-46)60-30-15-12-25-57(60)66-61(72)31-20-32-65(66)73(49-35-38-53-51-23-11-14-29-59(51)71(62(53)44-49)39-16-9-17-40-71)48-22-18-21-45(41-48)50-26-19-27-56-52-24-10-13-28-58(52)70(7,8)67(50)56/h10-15,18-38,41-44H,9,16-17,39-40H2,1-8H3. The van der Waals surface area contributed by atoms with Gasteiger partial charge < -0.3 is 4.90 Å². The normalized spacial score (nSPS) is 16.5. The van der Waals surface area contributed by atoms with Crippen LogP contribution < -0.4 is 4.90 Å². The molecular weight excluding hydrogens is 879 g/mol. The van der Waals surface area contributed by atoms with Crippen molar-refractivity contribution in [2.75, 3.05) is 4.90 Å². The van der Waals surface area contributed by atoms with Gasteiger partial charge in [-0.2, -0.15) is 0 Å². The van der Waals surface area contributed by atoms with Gasteiger partial charge in [-0.1, -0.05) is 232 Å². The molecule has 1 heteroatoms. The molecule has 1 saturated carbocycles. The summed E-state index contributed by atoms with van der Waals surface area (Å²) in [5.74, 6) is 0. The summed E-state index contributed by atoms with van der Waals surface area (Å²) in [5, 5.41) is 0. The van der Waals surface area contributed by atoms with Crippen molar-refractivity contribution in [2.45, 2.75) is 115 Å². The van der Waals surface area contributed by atoms with Gasteiger partial charge in [-0.05, 0) is 160 Å². The number of fused-ring (bicyclic) bond motifs is 18. The average molecular weight is 944 g/mol. The molecule has 0 unspecified atom stereocenters. The van der Waals surface area contributed by atoms with Crippen molar-refractivity contribution in [2.24, 2.45) is 0 Å². The van der Waals surface area contributed by atoms with Gasteiger partial charge in [0, 0.05) is 27.8 Å². The SMILES string of the molecule is CC(C)(C)c1ccc2c(c1)C1(c3cc(C(C)(C)C)ccc3-2)c2ccccc2-c2c(N(c3cccc(-c4cccc5c4C(C)(C)c4ccccc4-5)c3)c3ccc4c(c3)C3(CCCCC3)c3ccccc3-4)cccc21. The molecule has 9 aromatic rings. The first-order chi connectivity index (χ1) is 35.2. The molecule has 0 N–H and O–H groups in total. The van der Waals surface area contributed by atoms with Crippen molar-refractivity contribution in [3.63, 3.8) is 0 Å². The highest BCUT2D eigenvalue weighted by Crippen LogP contribution is 2.66. The van der Waals surface area contributed by atoms with Gasteiger partial charge in [0.1, 0.15) is 0 Å². The quantitative estimate of drug-likeness (QED) is 0.170. The van der Waals surface area contributed by atoms with Crippen LogP contribution in [0.4, 0.5) is 17.1 Å². The van der Waals surface area contributed by atoms with E-state index in [1.165, 1.54) is 160 Å². The van der Waals surface area contributed by atoms with E-state index in [2.05, 4.69) is 248 Å². The topological polar surface area (TPSA) is 3.24 Å². The summed E-state index contributed by atoms with van der Waals surface area (Å²) in [6, 6.07) is 73.9. The van der Waals surface area contributed by atoms with Crippen LogP contribution in [-0.4, -0.2) is 0 Å². The Kier molecular flexibility index (Phi) is 9.39. The molecule has 0 amide bonds. The minimum absolute atomic E-state index is 0.0149. The number of rotatable bonds is 4. The lowest BCUT2D eigenvalue weighted by atomic mass is 9.68. The molecule has 2 spiro atoms. The van der Waals surface area contributed by atoms with E-state index < -0.39 is 5.41 Å². The molecule has 358 valence electrons. The zero-order valence-corrected chi connectivity index (χ0v) is 43.9. The first-order valence-corrected chi connectivity index (χ1v) is 27.1. The van der Waals surface area contributed by atoms with Crippen LogP contribution in [0, 0.1) is 0 Å². The molecule has 0 saturated heterocycles. The molecule has 1 nitrogen and oxygen atoms in total. The highest BCUT2D eigenvalue weighted by Gasteiger charge is 2.53. The first kappa shape index (κ1) is 44.5. The van der Waals surface area contributed by atoms with Gasteiger partial charge in [0.2, 0.25) is 0 Å². The van der Waals surface area contributed by atoms with Gasteiger partial charge in [0.05, 0.1) is 11.1 Å². The van der Waals surface area contributed by atoms with Gasteiger partial charge in [-0.3, -0.25) is 0 Å². The predicted molar refractivity (Wildman–Crippen MR) is 307 cm³/mol. The molecule has 0 aromatic heterocycles. The maximum absolute atomic E-state index is 2.65. The molecule has 0 aliphatic heterocycles. The van der Waals surface area contributed by atoms with E-state index in [0.717, 1.165) is 0 Å². The van der Waals surface area contributed by atoms with E-state index >= 15 is 0 Å². The number of anilines is 3. The van der Waals surface area contributed by atoms with E-state index in [4.69, 9.17) is 0 Å². The largest absolute Gasteiger partial charge is 0.310 e. The van der Waals surface area contributed by atoms with Crippen LogP contribution >= 0.6 is 0 Å². The van der Waals surface area contributed by atoms with Crippen LogP contribution in [-0.2, 0) is 27.1 Å². The van der Waals surface area contributed by atoms with Crippen LogP contribution in [0.5, 0.6) is 0 Å². The third-order valence-electron chi connectivity index (χ3n) is 18.4. The van der Waals surface area contributed by atoms with Crippen LogP contribution in [0.3, 0.4) is 0 Å². The van der Waals surface area contributed by atoms with Gasteiger partial charge >= 0.3 is 0 Å². The summed E-state index contributed by atoms with van der Waals surface area (Å²) in [4.78, 5) is 2.65. The van der Waals surface area contributed by atoms with Gasteiger partial charge in [0.15, 0.2) is 0 Å². The number of benzene rings is 9. The summed E-state index contributed by atoms with van der Waals surface area (Å²) in [7, 11) is 0. The molecule has 0 atom stereocenters. The third kappa shape index (κ3) is 6.09.